The quantitative estimate of drug-likeness (QED) is 0.532. The van der Waals surface area contributed by atoms with Gasteiger partial charge >= 0.3 is 0 Å². The summed E-state index contributed by atoms with van der Waals surface area (Å²) in [6.07, 6.45) is 3.66. The largest absolute Gasteiger partial charge is 0.396 e. The molecule has 0 aromatic rings. The lowest BCUT2D eigenvalue weighted by molar-refractivity contribution is -0.122. The van der Waals surface area contributed by atoms with Crippen LogP contribution in [0.4, 0.5) is 0 Å². The zero-order valence-electron chi connectivity index (χ0n) is 9.45. The molecule has 4 nitrogen and oxygen atoms in total. The maximum absolute atomic E-state index is 11.3. The van der Waals surface area contributed by atoms with Gasteiger partial charge in [-0.3, -0.25) is 4.79 Å². The number of unbranched alkanes of at least 4 members (excludes halogenated alkanes) is 1. The van der Waals surface area contributed by atoms with Crippen LogP contribution in [0.25, 0.3) is 0 Å². The maximum atomic E-state index is 11.3. The van der Waals surface area contributed by atoms with Crippen LogP contribution in [-0.4, -0.2) is 46.9 Å². The van der Waals surface area contributed by atoms with E-state index in [1.807, 2.05) is 6.26 Å². The van der Waals surface area contributed by atoms with Gasteiger partial charge in [-0.25, -0.2) is 0 Å². The molecule has 0 saturated heterocycles. The molecular formula is C10H21NO3S. The summed E-state index contributed by atoms with van der Waals surface area (Å²) in [7, 11) is 0. The van der Waals surface area contributed by atoms with E-state index in [4.69, 9.17) is 5.11 Å². The van der Waals surface area contributed by atoms with E-state index in [0.29, 0.717) is 25.0 Å². The maximum Gasteiger partial charge on any atom is 0.220 e. The second-order valence-electron chi connectivity index (χ2n) is 3.89. The van der Waals surface area contributed by atoms with Gasteiger partial charge in [-0.15, -0.1) is 0 Å². The predicted octanol–water partition coefficient (Wildman–Crippen LogP) is 0.379. The van der Waals surface area contributed by atoms with Gasteiger partial charge in [0.1, 0.15) is 0 Å². The molecule has 0 radical (unpaired) electrons. The van der Waals surface area contributed by atoms with E-state index in [9.17, 15) is 9.90 Å². The van der Waals surface area contributed by atoms with Crippen LogP contribution < -0.4 is 5.32 Å². The van der Waals surface area contributed by atoms with Crippen LogP contribution in [0.3, 0.4) is 0 Å². The topological polar surface area (TPSA) is 69.6 Å². The lowest BCUT2D eigenvalue weighted by Crippen LogP contribution is -2.42. The van der Waals surface area contributed by atoms with Crippen molar-refractivity contribution in [2.75, 3.05) is 25.2 Å². The Labute approximate surface area is 95.4 Å². The van der Waals surface area contributed by atoms with Crippen LogP contribution in [0.5, 0.6) is 0 Å². The van der Waals surface area contributed by atoms with E-state index in [1.165, 1.54) is 0 Å². The van der Waals surface area contributed by atoms with Crippen LogP contribution in [0, 0.1) is 0 Å². The van der Waals surface area contributed by atoms with Crippen LogP contribution in [0.15, 0.2) is 0 Å². The van der Waals surface area contributed by atoms with Crippen molar-refractivity contribution < 1.29 is 15.0 Å². The molecule has 90 valence electrons. The monoisotopic (exact) mass is 235 g/mol. The molecule has 1 unspecified atom stereocenters. The number of carbonyl (C=O) groups excluding carboxylic acids is 1. The Morgan fingerprint density at radius 2 is 2.13 bits per heavy atom. The van der Waals surface area contributed by atoms with Crippen LogP contribution in [0.2, 0.25) is 0 Å². The number of aliphatic hydroxyl groups is 2. The van der Waals surface area contributed by atoms with Crippen molar-refractivity contribution >= 4 is 17.7 Å². The van der Waals surface area contributed by atoms with E-state index in [0.717, 1.165) is 0 Å². The molecule has 0 heterocycles. The van der Waals surface area contributed by atoms with Gasteiger partial charge in [-0.05, 0) is 26.0 Å². The Morgan fingerprint density at radius 1 is 1.47 bits per heavy atom. The van der Waals surface area contributed by atoms with Crippen molar-refractivity contribution in [1.82, 2.24) is 5.32 Å². The fourth-order valence-corrected chi connectivity index (χ4v) is 1.86. The predicted molar refractivity (Wildman–Crippen MR) is 63.0 cm³/mol. The summed E-state index contributed by atoms with van der Waals surface area (Å²) in [5.41, 5.74) is -0.841. The molecule has 0 rings (SSSR count). The van der Waals surface area contributed by atoms with Gasteiger partial charge in [0.15, 0.2) is 0 Å². The van der Waals surface area contributed by atoms with Gasteiger partial charge in [-0.1, -0.05) is 0 Å². The summed E-state index contributed by atoms with van der Waals surface area (Å²) in [6, 6.07) is 0. The molecule has 5 heteroatoms. The minimum atomic E-state index is -0.841. The molecule has 15 heavy (non-hydrogen) atoms. The van der Waals surface area contributed by atoms with Gasteiger partial charge in [0.25, 0.3) is 0 Å². The Hall–Kier alpha value is -0.260. The van der Waals surface area contributed by atoms with Gasteiger partial charge in [0.2, 0.25) is 5.91 Å². The number of amides is 1. The normalized spacial score (nSPS) is 14.7. The second kappa shape index (κ2) is 7.96. The highest BCUT2D eigenvalue weighted by atomic mass is 32.2. The lowest BCUT2D eigenvalue weighted by atomic mass is 10.1. The molecule has 0 aliphatic heterocycles. The summed E-state index contributed by atoms with van der Waals surface area (Å²) < 4.78 is 0. The number of thioether (sulfide) groups is 1. The van der Waals surface area contributed by atoms with Gasteiger partial charge in [0.05, 0.1) is 5.60 Å². The van der Waals surface area contributed by atoms with Gasteiger partial charge in [-0.2, -0.15) is 11.8 Å². The minimum Gasteiger partial charge on any atom is -0.396 e. The standard InChI is InChI=1S/C10H21NO3S/c1-10(14,8-15-2)7-11-9(13)5-3-4-6-12/h12,14H,3-8H2,1-2H3,(H,11,13). The highest BCUT2D eigenvalue weighted by Gasteiger charge is 2.19. The van der Waals surface area contributed by atoms with Crippen LogP contribution >= 0.6 is 11.8 Å². The SMILES string of the molecule is CSCC(C)(O)CNC(=O)CCCCO. The number of carbonyl (C=O) groups is 1. The summed E-state index contributed by atoms with van der Waals surface area (Å²) in [5.74, 6) is 0.536. The first-order chi connectivity index (χ1) is 7.02. The smallest absolute Gasteiger partial charge is 0.220 e. The van der Waals surface area contributed by atoms with Crippen molar-refractivity contribution in [2.24, 2.45) is 0 Å². The fraction of sp³-hybridized carbons (Fsp3) is 0.900. The highest BCUT2D eigenvalue weighted by Crippen LogP contribution is 2.09. The Bertz CT molecular complexity index is 186. The Morgan fingerprint density at radius 3 is 2.67 bits per heavy atom. The average molecular weight is 235 g/mol. The van der Waals surface area contributed by atoms with E-state index in [-0.39, 0.29) is 19.1 Å². The first-order valence-corrected chi connectivity index (χ1v) is 6.50. The summed E-state index contributed by atoms with van der Waals surface area (Å²) in [5, 5.41) is 21.0. The fourth-order valence-electron chi connectivity index (χ4n) is 1.14. The Balaban J connectivity index is 3.60. The molecule has 0 aliphatic rings. The lowest BCUT2D eigenvalue weighted by Gasteiger charge is -2.22. The third-order valence-electron chi connectivity index (χ3n) is 1.93. The highest BCUT2D eigenvalue weighted by molar-refractivity contribution is 7.98. The molecule has 0 aromatic heterocycles. The first-order valence-electron chi connectivity index (χ1n) is 5.11. The molecule has 0 fully saturated rings. The number of rotatable bonds is 8. The molecule has 0 spiro atoms. The van der Waals surface area contributed by atoms with E-state index >= 15 is 0 Å². The van der Waals surface area contributed by atoms with E-state index in [1.54, 1.807) is 18.7 Å². The average Bonchev–Trinajstić information content (AvgIpc) is 2.15. The summed E-state index contributed by atoms with van der Waals surface area (Å²) in [4.78, 5) is 11.3. The number of hydrogen-bond acceptors (Lipinski definition) is 4. The zero-order valence-corrected chi connectivity index (χ0v) is 10.3. The molecule has 1 amide bonds. The minimum absolute atomic E-state index is 0.0650. The van der Waals surface area contributed by atoms with E-state index < -0.39 is 5.60 Å². The van der Waals surface area contributed by atoms with Crippen LogP contribution in [-0.2, 0) is 4.79 Å². The summed E-state index contributed by atoms with van der Waals surface area (Å²) >= 11 is 1.55. The Kier molecular flexibility index (Phi) is 7.82. The molecule has 0 saturated carbocycles. The number of aliphatic hydroxyl groups excluding tert-OH is 1. The third-order valence-corrected chi connectivity index (χ3v) is 2.84. The zero-order chi connectivity index (χ0) is 11.7. The first kappa shape index (κ1) is 14.7. The molecule has 0 aliphatic carbocycles. The molecule has 0 bridgehead atoms. The van der Waals surface area contributed by atoms with Crippen molar-refractivity contribution in [3.63, 3.8) is 0 Å². The molecular weight excluding hydrogens is 214 g/mol. The molecule has 3 N–H and O–H groups in total. The molecule has 1 atom stereocenters. The van der Waals surface area contributed by atoms with Crippen molar-refractivity contribution in [2.45, 2.75) is 31.8 Å². The van der Waals surface area contributed by atoms with Gasteiger partial charge < -0.3 is 15.5 Å². The second-order valence-corrected chi connectivity index (χ2v) is 4.75. The van der Waals surface area contributed by atoms with Crippen molar-refractivity contribution in [3.05, 3.63) is 0 Å². The van der Waals surface area contributed by atoms with Crippen molar-refractivity contribution in [1.29, 1.82) is 0 Å². The van der Waals surface area contributed by atoms with Crippen LogP contribution in [0.1, 0.15) is 26.2 Å². The number of hydrogen-bond donors (Lipinski definition) is 3. The van der Waals surface area contributed by atoms with E-state index in [2.05, 4.69) is 5.32 Å². The van der Waals surface area contributed by atoms with Crippen molar-refractivity contribution in [3.8, 4) is 0 Å². The summed E-state index contributed by atoms with van der Waals surface area (Å²) in [6.45, 7) is 2.11. The van der Waals surface area contributed by atoms with Gasteiger partial charge in [0, 0.05) is 25.3 Å². The third kappa shape index (κ3) is 8.72. The number of nitrogens with one attached hydrogen (secondary N) is 1. The molecule has 0 aromatic carbocycles.